The molecular weight excluding hydrogens is 572 g/mol. The number of nitrogens with zero attached hydrogens (tertiary/aromatic N) is 10. The van der Waals surface area contributed by atoms with Gasteiger partial charge in [0.15, 0.2) is 16.7 Å². The fourth-order valence-corrected chi connectivity index (χ4v) is 4.69. The first kappa shape index (κ1) is 26.1. The van der Waals surface area contributed by atoms with E-state index < -0.39 is 0 Å². The van der Waals surface area contributed by atoms with Crippen LogP contribution in [0.3, 0.4) is 0 Å². The van der Waals surface area contributed by atoms with E-state index in [1.807, 2.05) is 36.4 Å². The molecule has 13 nitrogen and oxygen atoms in total. The van der Waals surface area contributed by atoms with Gasteiger partial charge in [0.05, 0.1) is 33.4 Å². The lowest BCUT2D eigenvalue weighted by Crippen LogP contribution is -1.91. The van der Waals surface area contributed by atoms with Gasteiger partial charge in [-0.25, -0.2) is 19.9 Å². The quantitative estimate of drug-likeness (QED) is 0.243. The number of aromatic nitrogens is 4. The van der Waals surface area contributed by atoms with Crippen molar-refractivity contribution in [2.75, 3.05) is 0 Å². The second kappa shape index (κ2) is 9.91. The van der Waals surface area contributed by atoms with Crippen LogP contribution in [-0.2, 0) is 0 Å². The minimum Gasteiger partial charge on any atom is -0.436 e. The lowest BCUT2D eigenvalue weighted by Gasteiger charge is -2.03. The molecule has 45 heavy (non-hydrogen) atoms. The summed E-state index contributed by atoms with van der Waals surface area (Å²) in [7, 11) is 0. The molecule has 0 bridgehead atoms. The van der Waals surface area contributed by atoms with Gasteiger partial charge in [0.1, 0.15) is 64.4 Å². The highest BCUT2D eigenvalue weighted by molar-refractivity contribution is 5.84. The number of rotatable bonds is 3. The summed E-state index contributed by atoms with van der Waals surface area (Å²) in [4.78, 5) is 18.1. The van der Waals surface area contributed by atoms with Gasteiger partial charge in [0.2, 0.25) is 17.7 Å². The predicted molar refractivity (Wildman–Crippen MR) is 152 cm³/mol. The van der Waals surface area contributed by atoms with Gasteiger partial charge < -0.3 is 13.3 Å². The molecule has 7 rings (SSSR count). The van der Waals surface area contributed by atoms with Gasteiger partial charge in [-0.15, -0.1) is 0 Å². The van der Waals surface area contributed by atoms with Crippen LogP contribution in [0.2, 0.25) is 0 Å². The largest absolute Gasteiger partial charge is 0.436 e. The van der Waals surface area contributed by atoms with Crippen molar-refractivity contribution in [2.45, 2.75) is 0 Å². The molecule has 13 heteroatoms. The van der Waals surface area contributed by atoms with Crippen molar-refractivity contribution in [1.82, 2.24) is 19.9 Å². The first-order valence-electron chi connectivity index (χ1n) is 12.7. The van der Waals surface area contributed by atoms with E-state index >= 15 is 0 Å². The zero-order valence-electron chi connectivity index (χ0n) is 22.3. The molecule has 0 amide bonds. The Morgan fingerprint density at radius 1 is 0.378 bits per heavy atom. The van der Waals surface area contributed by atoms with Crippen LogP contribution in [0.25, 0.3) is 67.9 Å². The average molecular weight is 580 g/mol. The molecule has 0 aliphatic rings. The Balaban J connectivity index is 1.45. The molecule has 0 aliphatic carbocycles. The highest BCUT2D eigenvalue weighted by Gasteiger charge is 2.21. The third-order valence-electron chi connectivity index (χ3n) is 6.82. The molecule has 0 saturated heterocycles. The highest BCUT2D eigenvalue weighted by Crippen LogP contribution is 2.34. The van der Waals surface area contributed by atoms with Gasteiger partial charge in [0, 0.05) is 23.8 Å². The van der Waals surface area contributed by atoms with Gasteiger partial charge >= 0.3 is 0 Å². The number of hydrogen-bond acceptors (Lipinski definition) is 13. The van der Waals surface area contributed by atoms with E-state index in [-0.39, 0.29) is 79.2 Å². The standard InChI is InChI=1S/C32H8N10O3/c33-9-16-3-22-27(6-19(16)12-36)43-30(40-22)15-1-25(31-41-23-4-17(10-34)20(13-37)7-28(23)44-31)39-26(2-15)32-42-24-5-18(11-35)21(14-38)8-29(24)45-32/h1-8H. The topological polar surface area (TPSA) is 234 Å². The number of pyridine rings is 1. The molecule has 0 radical (unpaired) electrons. The van der Waals surface area contributed by atoms with E-state index in [0.29, 0.717) is 22.1 Å². The van der Waals surface area contributed by atoms with Crippen LogP contribution in [-0.4, -0.2) is 19.9 Å². The number of fused-ring (bicyclic) bond motifs is 3. The molecule has 4 heterocycles. The Morgan fingerprint density at radius 2 is 0.689 bits per heavy atom. The Bertz CT molecular complexity index is 2230. The van der Waals surface area contributed by atoms with Crippen molar-refractivity contribution < 1.29 is 13.3 Å². The Morgan fingerprint density at radius 3 is 1.04 bits per heavy atom. The molecule has 0 atom stereocenters. The van der Waals surface area contributed by atoms with Crippen LogP contribution in [0, 0.1) is 68.0 Å². The average Bonchev–Trinajstić information content (AvgIpc) is 3.81. The maximum Gasteiger partial charge on any atom is 0.246 e. The Labute approximate surface area is 250 Å². The van der Waals surface area contributed by atoms with Gasteiger partial charge in [-0.2, -0.15) is 31.6 Å². The number of nitriles is 6. The predicted octanol–water partition coefficient (Wildman–Crippen LogP) is 5.74. The van der Waals surface area contributed by atoms with Gasteiger partial charge in [-0.3, -0.25) is 0 Å². The fourth-order valence-electron chi connectivity index (χ4n) is 4.69. The second-order valence-electron chi connectivity index (χ2n) is 9.45. The van der Waals surface area contributed by atoms with Crippen LogP contribution in [0.15, 0.2) is 61.8 Å². The molecule has 3 aromatic carbocycles. The van der Waals surface area contributed by atoms with E-state index in [1.54, 1.807) is 12.1 Å². The van der Waals surface area contributed by atoms with Gasteiger partial charge in [-0.05, 0) is 30.3 Å². The summed E-state index contributed by atoms with van der Waals surface area (Å²) in [5, 5.41) is 56.6. The van der Waals surface area contributed by atoms with E-state index in [9.17, 15) is 31.6 Å². The SMILES string of the molecule is N#Cc1cc2nc(-c3cc(-c4nc5cc(C#N)c(C#N)cc5o4)nc(-c4nc5cc(C#N)c(C#N)cc5o4)c3)oc2cc1C#N. The zero-order valence-corrected chi connectivity index (χ0v) is 22.3. The summed E-state index contributed by atoms with van der Waals surface area (Å²) in [5.74, 6) is 0.186. The van der Waals surface area contributed by atoms with Gasteiger partial charge in [0.25, 0.3) is 0 Å². The fraction of sp³-hybridized carbons (Fsp3) is 0. The summed E-state index contributed by atoms with van der Waals surface area (Å²) in [5.41, 5.74) is 3.26. The summed E-state index contributed by atoms with van der Waals surface area (Å²) < 4.78 is 17.8. The van der Waals surface area contributed by atoms with E-state index in [0.717, 1.165) is 0 Å². The summed E-state index contributed by atoms with van der Waals surface area (Å²) in [6, 6.07) is 23.5. The summed E-state index contributed by atoms with van der Waals surface area (Å²) >= 11 is 0. The Kier molecular flexibility index (Phi) is 5.74. The summed E-state index contributed by atoms with van der Waals surface area (Å²) in [6.45, 7) is 0. The van der Waals surface area contributed by atoms with Crippen molar-refractivity contribution in [3.05, 3.63) is 81.9 Å². The minimum absolute atomic E-state index is 0.0383. The van der Waals surface area contributed by atoms with Gasteiger partial charge in [-0.1, -0.05) is 0 Å². The van der Waals surface area contributed by atoms with E-state index in [2.05, 4.69) is 19.9 Å². The number of hydrogen-bond donors (Lipinski definition) is 0. The first-order chi connectivity index (χ1) is 21.9. The molecule has 0 saturated carbocycles. The van der Waals surface area contributed by atoms with E-state index in [4.69, 9.17) is 13.3 Å². The second-order valence-corrected chi connectivity index (χ2v) is 9.45. The number of benzene rings is 3. The minimum atomic E-state index is 0.0383. The molecule has 0 fully saturated rings. The van der Waals surface area contributed by atoms with Crippen LogP contribution in [0.4, 0.5) is 0 Å². The molecule has 204 valence electrons. The van der Waals surface area contributed by atoms with Crippen molar-refractivity contribution in [1.29, 1.82) is 31.6 Å². The number of oxazole rings is 3. The maximum atomic E-state index is 9.44. The molecule has 0 N–H and O–H groups in total. The van der Waals surface area contributed by atoms with Crippen molar-refractivity contribution in [3.63, 3.8) is 0 Å². The van der Waals surface area contributed by atoms with E-state index in [1.165, 1.54) is 36.4 Å². The first-order valence-corrected chi connectivity index (χ1v) is 12.7. The molecule has 7 aromatic rings. The van der Waals surface area contributed by atoms with Crippen LogP contribution < -0.4 is 0 Å². The zero-order chi connectivity index (χ0) is 31.2. The molecule has 0 aliphatic heterocycles. The molecule has 4 aromatic heterocycles. The van der Waals surface area contributed by atoms with Crippen molar-refractivity contribution in [3.8, 4) is 71.0 Å². The van der Waals surface area contributed by atoms with Crippen LogP contribution in [0.1, 0.15) is 33.4 Å². The molecule has 0 spiro atoms. The molecular formula is C32H8N10O3. The van der Waals surface area contributed by atoms with Crippen LogP contribution in [0.5, 0.6) is 0 Å². The molecule has 0 unspecified atom stereocenters. The van der Waals surface area contributed by atoms with Crippen molar-refractivity contribution >= 4 is 33.3 Å². The lowest BCUT2D eigenvalue weighted by molar-refractivity contribution is 0.609. The maximum absolute atomic E-state index is 9.44. The van der Waals surface area contributed by atoms with Crippen LogP contribution >= 0.6 is 0 Å². The lowest BCUT2D eigenvalue weighted by atomic mass is 10.1. The Hall–Kier alpha value is -7.84. The third-order valence-corrected chi connectivity index (χ3v) is 6.82. The summed E-state index contributed by atoms with van der Waals surface area (Å²) in [6.07, 6.45) is 0. The monoisotopic (exact) mass is 580 g/mol. The normalized spacial score (nSPS) is 10.5. The third kappa shape index (κ3) is 4.21. The smallest absolute Gasteiger partial charge is 0.246 e. The highest BCUT2D eigenvalue weighted by atomic mass is 16.4. The van der Waals surface area contributed by atoms with Crippen molar-refractivity contribution in [2.24, 2.45) is 0 Å².